The molecule has 3 aromatic rings. The monoisotopic (exact) mass is 517 g/mol. The van der Waals surface area contributed by atoms with Crippen LogP contribution in [0.1, 0.15) is 18.1 Å². The maximum atomic E-state index is 13.6. The van der Waals surface area contributed by atoms with Gasteiger partial charge >= 0.3 is 0 Å². The number of carbonyl (C=O) groups excluding carboxylic acids is 2. The van der Waals surface area contributed by atoms with Crippen molar-refractivity contribution >= 4 is 46.6 Å². The summed E-state index contributed by atoms with van der Waals surface area (Å²) in [6, 6.07) is 23.8. The summed E-state index contributed by atoms with van der Waals surface area (Å²) in [6.45, 7) is 2.05. The van der Waals surface area contributed by atoms with Gasteiger partial charge in [-0.05, 0) is 60.4 Å². The van der Waals surface area contributed by atoms with E-state index in [4.69, 9.17) is 16.3 Å². The minimum absolute atomic E-state index is 0.141. The highest BCUT2D eigenvalue weighted by atomic mass is 35.5. The number of nitrogens with zero attached hydrogens (tertiary/aromatic N) is 2. The van der Waals surface area contributed by atoms with Crippen molar-refractivity contribution in [1.29, 1.82) is 5.26 Å². The van der Waals surface area contributed by atoms with Gasteiger partial charge in [0.2, 0.25) is 5.91 Å². The van der Waals surface area contributed by atoms with E-state index in [0.717, 1.165) is 17.5 Å². The average molecular weight is 518 g/mol. The van der Waals surface area contributed by atoms with E-state index in [9.17, 15) is 14.9 Å². The number of nitrogens with one attached hydrogen (secondary N) is 1. The van der Waals surface area contributed by atoms with Crippen molar-refractivity contribution in [2.75, 3.05) is 17.3 Å². The van der Waals surface area contributed by atoms with Gasteiger partial charge in [0.25, 0.3) is 5.91 Å². The van der Waals surface area contributed by atoms with E-state index < -0.39 is 11.2 Å². The number of para-hydroxylation sites is 2. The van der Waals surface area contributed by atoms with Crippen LogP contribution >= 0.6 is 23.4 Å². The molecule has 182 valence electrons. The van der Waals surface area contributed by atoms with Gasteiger partial charge in [-0.3, -0.25) is 14.5 Å². The molecule has 0 bridgehead atoms. The summed E-state index contributed by atoms with van der Waals surface area (Å²) >= 11 is 7.23. The number of anilines is 2. The summed E-state index contributed by atoms with van der Waals surface area (Å²) in [7, 11) is 1.50. The van der Waals surface area contributed by atoms with Crippen molar-refractivity contribution < 1.29 is 14.3 Å². The summed E-state index contributed by atoms with van der Waals surface area (Å²) in [5.74, 6) is -0.331. The predicted molar refractivity (Wildman–Crippen MR) is 144 cm³/mol. The normalized spacial score (nSPS) is 16.4. The molecule has 36 heavy (non-hydrogen) atoms. The van der Waals surface area contributed by atoms with Gasteiger partial charge in [0.15, 0.2) is 0 Å². The number of carbonyl (C=O) groups is 2. The van der Waals surface area contributed by atoms with E-state index in [1.165, 1.54) is 23.8 Å². The topological polar surface area (TPSA) is 82.4 Å². The standard InChI is InChI=1S/C28H24ClN3O3S/c1-3-18-10-14-21(15-11-18)32-27(34)25(16-19-8-12-20(29)13-9-19)36-28(32)22(17-30)26(33)31-23-6-4-5-7-24(23)35-2/h4-15,25H,3,16H2,1-2H3,(H,31,33)/b28-22-. The van der Waals surface area contributed by atoms with Gasteiger partial charge < -0.3 is 10.1 Å². The Kier molecular flexibility index (Phi) is 7.99. The van der Waals surface area contributed by atoms with Crippen LogP contribution in [0, 0.1) is 11.3 Å². The quantitative estimate of drug-likeness (QED) is 0.308. The minimum Gasteiger partial charge on any atom is -0.495 e. The average Bonchev–Trinajstić information content (AvgIpc) is 3.21. The molecule has 1 unspecified atom stereocenters. The number of hydrogen-bond acceptors (Lipinski definition) is 5. The molecule has 6 nitrogen and oxygen atoms in total. The predicted octanol–water partition coefficient (Wildman–Crippen LogP) is 5.98. The van der Waals surface area contributed by atoms with E-state index >= 15 is 0 Å². The summed E-state index contributed by atoms with van der Waals surface area (Å²) in [5.41, 5.74) is 2.96. The molecular weight excluding hydrogens is 494 g/mol. The number of methoxy groups -OCH3 is 1. The third-order valence-corrected chi connectivity index (χ3v) is 7.31. The van der Waals surface area contributed by atoms with Gasteiger partial charge in [-0.2, -0.15) is 5.26 Å². The summed E-state index contributed by atoms with van der Waals surface area (Å²) in [6.07, 6.45) is 1.29. The Morgan fingerprint density at radius 2 is 1.75 bits per heavy atom. The molecule has 0 aromatic heterocycles. The number of hydrogen-bond donors (Lipinski definition) is 1. The number of nitriles is 1. The highest BCUT2D eigenvalue weighted by molar-refractivity contribution is 8.05. The van der Waals surface area contributed by atoms with Gasteiger partial charge in [0.1, 0.15) is 22.4 Å². The van der Waals surface area contributed by atoms with Crippen LogP contribution in [0.5, 0.6) is 5.75 Å². The Labute approximate surface area is 219 Å². The number of ether oxygens (including phenoxy) is 1. The van der Waals surface area contributed by atoms with Gasteiger partial charge in [-0.15, -0.1) is 0 Å². The Bertz CT molecular complexity index is 1350. The highest BCUT2D eigenvalue weighted by Crippen LogP contribution is 2.42. The molecule has 8 heteroatoms. The van der Waals surface area contributed by atoms with Crippen LogP contribution < -0.4 is 15.0 Å². The molecule has 0 spiro atoms. The number of rotatable bonds is 7. The zero-order valence-corrected chi connectivity index (χ0v) is 21.4. The molecule has 4 rings (SSSR count). The number of thioether (sulfide) groups is 1. The third-order valence-electron chi connectivity index (χ3n) is 5.80. The highest BCUT2D eigenvalue weighted by Gasteiger charge is 2.40. The molecule has 1 atom stereocenters. The lowest BCUT2D eigenvalue weighted by Crippen LogP contribution is -2.31. The van der Waals surface area contributed by atoms with Crippen molar-refractivity contribution in [2.45, 2.75) is 25.0 Å². The first-order valence-electron chi connectivity index (χ1n) is 11.4. The zero-order chi connectivity index (χ0) is 25.7. The van der Waals surface area contributed by atoms with Crippen molar-refractivity contribution in [1.82, 2.24) is 0 Å². The SMILES string of the molecule is CCc1ccc(N2C(=O)C(Cc3ccc(Cl)cc3)S/C2=C(/C#N)C(=O)Nc2ccccc2OC)cc1. The minimum atomic E-state index is -0.611. The molecule has 2 amide bonds. The number of amides is 2. The van der Waals surface area contributed by atoms with Crippen LogP contribution in [0.4, 0.5) is 11.4 Å². The van der Waals surface area contributed by atoms with E-state index in [2.05, 4.69) is 12.2 Å². The fourth-order valence-electron chi connectivity index (χ4n) is 3.87. The zero-order valence-electron chi connectivity index (χ0n) is 19.8. The van der Waals surface area contributed by atoms with Gasteiger partial charge in [-0.25, -0.2) is 0 Å². The molecule has 1 saturated heterocycles. The van der Waals surface area contributed by atoms with Gasteiger partial charge in [0.05, 0.1) is 18.0 Å². The maximum absolute atomic E-state index is 13.6. The molecule has 3 aromatic carbocycles. The lowest BCUT2D eigenvalue weighted by atomic mass is 10.1. The number of benzene rings is 3. The fraction of sp³-hybridized carbons (Fsp3) is 0.179. The van der Waals surface area contributed by atoms with Gasteiger partial charge in [0, 0.05) is 10.7 Å². The van der Waals surface area contributed by atoms with Crippen LogP contribution in [0.15, 0.2) is 83.4 Å². The van der Waals surface area contributed by atoms with Crippen molar-refractivity contribution in [2.24, 2.45) is 0 Å². The Balaban J connectivity index is 1.73. The van der Waals surface area contributed by atoms with Crippen LogP contribution in [0.2, 0.25) is 5.02 Å². The first-order chi connectivity index (χ1) is 17.4. The molecule has 1 heterocycles. The van der Waals surface area contributed by atoms with E-state index in [1.54, 1.807) is 36.4 Å². The Morgan fingerprint density at radius 1 is 1.08 bits per heavy atom. The number of halogens is 1. The number of aryl methyl sites for hydroxylation is 1. The second-order valence-corrected chi connectivity index (χ2v) is 9.70. The molecule has 1 aliphatic rings. The van der Waals surface area contributed by atoms with Crippen molar-refractivity contribution in [3.05, 3.63) is 99.5 Å². The first kappa shape index (κ1) is 25.4. The van der Waals surface area contributed by atoms with Crippen LogP contribution in [0.25, 0.3) is 0 Å². The summed E-state index contributed by atoms with van der Waals surface area (Å²) in [5, 5.41) is 13.2. The lowest BCUT2D eigenvalue weighted by Gasteiger charge is -2.19. The maximum Gasteiger partial charge on any atom is 0.269 e. The van der Waals surface area contributed by atoms with E-state index in [0.29, 0.717) is 33.6 Å². The lowest BCUT2D eigenvalue weighted by molar-refractivity contribution is -0.117. The van der Waals surface area contributed by atoms with Crippen molar-refractivity contribution in [3.63, 3.8) is 0 Å². The summed E-state index contributed by atoms with van der Waals surface area (Å²) < 4.78 is 5.31. The Morgan fingerprint density at radius 3 is 2.39 bits per heavy atom. The van der Waals surface area contributed by atoms with Crippen LogP contribution in [-0.4, -0.2) is 24.2 Å². The molecule has 0 radical (unpaired) electrons. The largest absolute Gasteiger partial charge is 0.495 e. The molecule has 0 saturated carbocycles. The van der Waals surface area contributed by atoms with Crippen LogP contribution in [-0.2, 0) is 22.4 Å². The molecule has 1 N–H and O–H groups in total. The molecule has 0 aliphatic carbocycles. The molecule has 1 aliphatic heterocycles. The Hall–Kier alpha value is -3.73. The van der Waals surface area contributed by atoms with E-state index in [1.807, 2.05) is 42.5 Å². The van der Waals surface area contributed by atoms with Crippen molar-refractivity contribution in [3.8, 4) is 11.8 Å². The second-order valence-electron chi connectivity index (χ2n) is 8.08. The summed E-state index contributed by atoms with van der Waals surface area (Å²) in [4.78, 5) is 28.4. The van der Waals surface area contributed by atoms with Gasteiger partial charge in [-0.1, -0.05) is 66.7 Å². The smallest absolute Gasteiger partial charge is 0.269 e. The fourth-order valence-corrected chi connectivity index (χ4v) is 5.30. The second kappa shape index (κ2) is 11.3. The molecule has 1 fully saturated rings. The van der Waals surface area contributed by atoms with Crippen LogP contribution in [0.3, 0.4) is 0 Å². The third kappa shape index (κ3) is 5.40. The first-order valence-corrected chi connectivity index (χ1v) is 12.6. The molecular formula is C28H24ClN3O3S. The van der Waals surface area contributed by atoms with E-state index in [-0.39, 0.29) is 11.5 Å².